The van der Waals surface area contributed by atoms with Crippen molar-refractivity contribution in [1.29, 1.82) is 0 Å². The third-order valence-corrected chi connectivity index (χ3v) is 2.84. The lowest BCUT2D eigenvalue weighted by Gasteiger charge is -2.21. The summed E-state index contributed by atoms with van der Waals surface area (Å²) >= 11 is 0. The highest BCUT2D eigenvalue weighted by molar-refractivity contribution is 5.38. The van der Waals surface area contributed by atoms with Gasteiger partial charge in [-0.05, 0) is 31.5 Å². The molecule has 2 rings (SSSR count). The lowest BCUT2D eigenvalue weighted by molar-refractivity contribution is 0.0742. The van der Waals surface area contributed by atoms with Crippen molar-refractivity contribution in [2.75, 3.05) is 0 Å². The second kappa shape index (κ2) is 5.41. The fourth-order valence-electron chi connectivity index (χ4n) is 1.86. The van der Waals surface area contributed by atoms with E-state index in [0.29, 0.717) is 17.9 Å². The molecule has 0 heterocycles. The molecule has 0 aliphatic rings. The monoisotopic (exact) mass is 260 g/mol. The number of aliphatic hydroxyl groups is 1. The van der Waals surface area contributed by atoms with Gasteiger partial charge in [0, 0.05) is 11.6 Å². The van der Waals surface area contributed by atoms with Crippen LogP contribution in [0.1, 0.15) is 25.0 Å². The molecule has 0 saturated carbocycles. The van der Waals surface area contributed by atoms with Gasteiger partial charge in [-0.15, -0.1) is 0 Å². The standard InChI is InChI=1S/C16H17FO2/c1-16(2,18)14-9-8-13(17)10-15(14)19-11-12-6-4-3-5-7-12/h3-10,18H,11H2,1-2H3. The molecule has 0 saturated heterocycles. The normalized spacial score (nSPS) is 11.4. The van der Waals surface area contributed by atoms with Gasteiger partial charge >= 0.3 is 0 Å². The van der Waals surface area contributed by atoms with Crippen LogP contribution in [0.2, 0.25) is 0 Å². The van der Waals surface area contributed by atoms with Crippen molar-refractivity contribution in [3.63, 3.8) is 0 Å². The van der Waals surface area contributed by atoms with Gasteiger partial charge in [0.2, 0.25) is 0 Å². The fraction of sp³-hybridized carbons (Fsp3) is 0.250. The van der Waals surface area contributed by atoms with Crippen LogP contribution in [0.25, 0.3) is 0 Å². The highest BCUT2D eigenvalue weighted by Gasteiger charge is 2.21. The average molecular weight is 260 g/mol. The van der Waals surface area contributed by atoms with Crippen molar-refractivity contribution in [2.45, 2.75) is 26.1 Å². The molecule has 1 N–H and O–H groups in total. The second-order valence-corrected chi connectivity index (χ2v) is 4.97. The minimum Gasteiger partial charge on any atom is -0.488 e. The first-order chi connectivity index (χ1) is 8.97. The Labute approximate surface area is 112 Å². The molecule has 0 bridgehead atoms. The van der Waals surface area contributed by atoms with E-state index in [1.807, 2.05) is 30.3 Å². The summed E-state index contributed by atoms with van der Waals surface area (Å²) in [5.74, 6) is -0.00702. The van der Waals surface area contributed by atoms with E-state index in [4.69, 9.17) is 4.74 Å². The van der Waals surface area contributed by atoms with Crippen LogP contribution in [0.15, 0.2) is 48.5 Å². The van der Waals surface area contributed by atoms with Gasteiger partial charge < -0.3 is 9.84 Å². The molecule has 2 aromatic rings. The van der Waals surface area contributed by atoms with Crippen LogP contribution in [0.5, 0.6) is 5.75 Å². The summed E-state index contributed by atoms with van der Waals surface area (Å²) in [4.78, 5) is 0. The zero-order valence-electron chi connectivity index (χ0n) is 11.1. The Hall–Kier alpha value is -1.87. The highest BCUT2D eigenvalue weighted by atomic mass is 19.1. The molecule has 19 heavy (non-hydrogen) atoms. The third kappa shape index (κ3) is 3.55. The Morgan fingerprint density at radius 2 is 1.79 bits per heavy atom. The SMILES string of the molecule is CC(C)(O)c1ccc(F)cc1OCc1ccccc1. The first-order valence-corrected chi connectivity index (χ1v) is 6.16. The maximum Gasteiger partial charge on any atom is 0.128 e. The van der Waals surface area contributed by atoms with Gasteiger partial charge in [-0.2, -0.15) is 0 Å². The van der Waals surface area contributed by atoms with Crippen molar-refractivity contribution in [1.82, 2.24) is 0 Å². The average Bonchev–Trinajstić information content (AvgIpc) is 2.36. The Morgan fingerprint density at radius 1 is 1.11 bits per heavy atom. The topological polar surface area (TPSA) is 29.5 Å². The summed E-state index contributed by atoms with van der Waals surface area (Å²) in [7, 11) is 0. The van der Waals surface area contributed by atoms with E-state index in [-0.39, 0.29) is 5.82 Å². The second-order valence-electron chi connectivity index (χ2n) is 4.97. The number of hydrogen-bond acceptors (Lipinski definition) is 2. The molecule has 0 spiro atoms. The maximum atomic E-state index is 13.3. The lowest BCUT2D eigenvalue weighted by Crippen LogP contribution is -2.17. The maximum absolute atomic E-state index is 13.3. The first kappa shape index (κ1) is 13.6. The van der Waals surface area contributed by atoms with Crippen LogP contribution in [0.4, 0.5) is 4.39 Å². The lowest BCUT2D eigenvalue weighted by atomic mass is 9.97. The minimum atomic E-state index is -1.07. The van der Waals surface area contributed by atoms with Crippen molar-refractivity contribution in [2.24, 2.45) is 0 Å². The van der Waals surface area contributed by atoms with Gasteiger partial charge in [-0.3, -0.25) is 0 Å². The van der Waals surface area contributed by atoms with Crippen molar-refractivity contribution >= 4 is 0 Å². The van der Waals surface area contributed by atoms with Crippen LogP contribution in [-0.2, 0) is 12.2 Å². The molecule has 0 atom stereocenters. The van der Waals surface area contributed by atoms with Gasteiger partial charge in [0.1, 0.15) is 18.2 Å². The van der Waals surface area contributed by atoms with Gasteiger partial charge in [0.25, 0.3) is 0 Å². The predicted molar refractivity (Wildman–Crippen MR) is 72.4 cm³/mol. The van der Waals surface area contributed by atoms with Gasteiger partial charge in [0.15, 0.2) is 0 Å². The quantitative estimate of drug-likeness (QED) is 0.909. The van der Waals surface area contributed by atoms with E-state index in [9.17, 15) is 9.50 Å². The van der Waals surface area contributed by atoms with E-state index < -0.39 is 5.60 Å². The minimum absolute atomic E-state index is 0.341. The molecule has 100 valence electrons. The zero-order valence-corrected chi connectivity index (χ0v) is 11.1. The summed E-state index contributed by atoms with van der Waals surface area (Å²) in [6.07, 6.45) is 0. The molecule has 0 aliphatic carbocycles. The van der Waals surface area contributed by atoms with E-state index in [1.54, 1.807) is 19.9 Å². The van der Waals surface area contributed by atoms with E-state index >= 15 is 0 Å². The summed E-state index contributed by atoms with van der Waals surface area (Å²) in [6.45, 7) is 3.64. The predicted octanol–water partition coefficient (Wildman–Crippen LogP) is 3.63. The van der Waals surface area contributed by atoms with Gasteiger partial charge in [-0.25, -0.2) is 4.39 Å². The number of halogens is 1. The van der Waals surface area contributed by atoms with Crippen LogP contribution in [0, 0.1) is 5.82 Å². The fourth-order valence-corrected chi connectivity index (χ4v) is 1.86. The van der Waals surface area contributed by atoms with Crippen molar-refractivity contribution < 1.29 is 14.2 Å². The molecule has 0 fully saturated rings. The van der Waals surface area contributed by atoms with E-state index in [0.717, 1.165) is 5.56 Å². The summed E-state index contributed by atoms with van der Waals surface area (Å²) < 4.78 is 18.9. The number of hydrogen-bond donors (Lipinski definition) is 1. The Morgan fingerprint density at radius 3 is 2.42 bits per heavy atom. The largest absolute Gasteiger partial charge is 0.488 e. The molecule has 0 radical (unpaired) electrons. The Bertz CT molecular complexity index is 544. The molecule has 2 aromatic carbocycles. The van der Waals surface area contributed by atoms with E-state index in [2.05, 4.69) is 0 Å². The van der Waals surface area contributed by atoms with Crippen LogP contribution < -0.4 is 4.74 Å². The molecule has 2 nitrogen and oxygen atoms in total. The molecular weight excluding hydrogens is 243 g/mol. The van der Waals surface area contributed by atoms with E-state index in [1.165, 1.54) is 12.1 Å². The smallest absolute Gasteiger partial charge is 0.128 e. The summed E-state index contributed by atoms with van der Waals surface area (Å²) in [5, 5.41) is 10.1. The first-order valence-electron chi connectivity index (χ1n) is 6.16. The van der Waals surface area contributed by atoms with Crippen LogP contribution in [-0.4, -0.2) is 5.11 Å². The Kier molecular flexibility index (Phi) is 3.86. The number of rotatable bonds is 4. The number of benzene rings is 2. The molecule has 3 heteroatoms. The molecule has 0 aromatic heterocycles. The van der Waals surface area contributed by atoms with Crippen molar-refractivity contribution in [3.05, 3.63) is 65.5 Å². The number of ether oxygens (including phenoxy) is 1. The molecule has 0 unspecified atom stereocenters. The third-order valence-electron chi connectivity index (χ3n) is 2.84. The van der Waals surface area contributed by atoms with Crippen molar-refractivity contribution in [3.8, 4) is 5.75 Å². The summed E-state index contributed by atoms with van der Waals surface area (Å²) in [5.41, 5.74) is 0.498. The molecule has 0 aliphatic heterocycles. The highest BCUT2D eigenvalue weighted by Crippen LogP contribution is 2.30. The molecule has 0 amide bonds. The van der Waals surface area contributed by atoms with Crippen LogP contribution in [0.3, 0.4) is 0 Å². The van der Waals surface area contributed by atoms with Gasteiger partial charge in [-0.1, -0.05) is 30.3 Å². The summed E-state index contributed by atoms with van der Waals surface area (Å²) in [6, 6.07) is 13.8. The molecular formula is C16H17FO2. The zero-order chi connectivity index (χ0) is 13.9. The Balaban J connectivity index is 2.22. The van der Waals surface area contributed by atoms with Crippen LogP contribution >= 0.6 is 0 Å². The van der Waals surface area contributed by atoms with Gasteiger partial charge in [0.05, 0.1) is 5.60 Å².